The summed E-state index contributed by atoms with van der Waals surface area (Å²) >= 11 is 0. The molecule has 0 aromatic rings. The van der Waals surface area contributed by atoms with Gasteiger partial charge in [-0.1, -0.05) is 6.92 Å². The van der Waals surface area contributed by atoms with Gasteiger partial charge in [-0.3, -0.25) is 0 Å². The Morgan fingerprint density at radius 1 is 1.11 bits per heavy atom. The minimum atomic E-state index is -0.423. The van der Waals surface area contributed by atoms with E-state index in [0.29, 0.717) is 0 Å². The lowest BCUT2D eigenvalue weighted by Crippen LogP contribution is -1.95. The molecule has 58 valence electrons. The highest BCUT2D eigenvalue weighted by molar-refractivity contribution is 7.74. The summed E-state index contributed by atoms with van der Waals surface area (Å²) in [5, 5.41) is 0. The Labute approximate surface area is 59.5 Å². The molecule has 0 aromatic carbocycles. The first-order valence-corrected chi connectivity index (χ1v) is 6.49. The predicted octanol–water partition coefficient (Wildman–Crippen LogP) is 2.52. The van der Waals surface area contributed by atoms with Crippen LogP contribution in [-0.2, 0) is 0 Å². The van der Waals surface area contributed by atoms with Crippen molar-refractivity contribution in [2.75, 3.05) is 25.7 Å². The van der Waals surface area contributed by atoms with E-state index < -0.39 is 7.26 Å². The topological polar surface area (TPSA) is 30.0 Å². The molecule has 0 radical (unpaired) electrons. The molecule has 0 aliphatic carbocycles. The predicted molar refractivity (Wildman–Crippen MR) is 46.4 cm³/mol. The van der Waals surface area contributed by atoms with Crippen LogP contribution in [-0.4, -0.2) is 31.1 Å². The highest BCUT2D eigenvalue weighted by Gasteiger charge is 2.19. The van der Waals surface area contributed by atoms with E-state index in [9.17, 15) is 0 Å². The fourth-order valence-corrected chi connectivity index (χ4v) is 2.29. The molecule has 1 nitrogen and oxygen atoms in total. The van der Waals surface area contributed by atoms with E-state index >= 15 is 0 Å². The second-order valence-corrected chi connectivity index (χ2v) is 7.93. The van der Waals surface area contributed by atoms with Crippen molar-refractivity contribution in [2.45, 2.75) is 20.3 Å². The molecule has 0 saturated carbocycles. The van der Waals surface area contributed by atoms with Gasteiger partial charge in [0.25, 0.3) is 0 Å². The van der Waals surface area contributed by atoms with Gasteiger partial charge in [-0.2, -0.15) is 0 Å². The molecule has 0 atom stereocenters. The molecule has 9 heavy (non-hydrogen) atoms. The highest BCUT2D eigenvalue weighted by atomic mass is 31.2. The van der Waals surface area contributed by atoms with Crippen molar-refractivity contribution >= 4 is 7.26 Å². The van der Waals surface area contributed by atoms with E-state index in [1.165, 1.54) is 18.7 Å². The van der Waals surface area contributed by atoms with Gasteiger partial charge in [0.1, 0.15) is 0 Å². The third-order valence-corrected chi connectivity index (χ3v) is 5.05. The van der Waals surface area contributed by atoms with E-state index in [2.05, 4.69) is 27.2 Å². The van der Waals surface area contributed by atoms with Gasteiger partial charge in [0.05, 0.1) is 12.3 Å². The maximum atomic E-state index is 2.44. The van der Waals surface area contributed by atoms with E-state index in [0.717, 1.165) is 0 Å². The fourth-order valence-electron chi connectivity index (χ4n) is 0.763. The second kappa shape index (κ2) is 5.20. The standard InChI is InChI=1S/C7H18P.H2O/c1-5-7-8(3,4)6-2;/h5-7H2,1-4H3;1H2/q+1;/p-1. The smallest absolute Gasteiger partial charge is 0.0586 e. The third kappa shape index (κ3) is 6.27. The third-order valence-electron chi connectivity index (χ3n) is 1.68. The minimum absolute atomic E-state index is 0. The van der Waals surface area contributed by atoms with E-state index in [-0.39, 0.29) is 5.48 Å². The lowest BCUT2D eigenvalue weighted by molar-refractivity contribution is 0.824. The number of hydrogen-bond donors (Lipinski definition) is 0. The van der Waals surface area contributed by atoms with Crippen LogP contribution in [0.25, 0.3) is 0 Å². The summed E-state index contributed by atoms with van der Waals surface area (Å²) in [4.78, 5) is 0. The van der Waals surface area contributed by atoms with Crippen LogP contribution < -0.4 is 0 Å². The van der Waals surface area contributed by atoms with Crippen LogP contribution in [0.3, 0.4) is 0 Å². The largest absolute Gasteiger partial charge is 0.870 e. The molecule has 0 spiro atoms. The van der Waals surface area contributed by atoms with Crippen LogP contribution in [0.15, 0.2) is 0 Å². The van der Waals surface area contributed by atoms with E-state index in [1.54, 1.807) is 0 Å². The van der Waals surface area contributed by atoms with Crippen LogP contribution in [0.5, 0.6) is 0 Å². The van der Waals surface area contributed by atoms with Crippen molar-refractivity contribution in [3.05, 3.63) is 0 Å². The summed E-state index contributed by atoms with van der Waals surface area (Å²) in [6, 6.07) is 0. The van der Waals surface area contributed by atoms with Crippen molar-refractivity contribution in [1.29, 1.82) is 0 Å². The molecule has 0 bridgehead atoms. The van der Waals surface area contributed by atoms with Crippen LogP contribution in [0.1, 0.15) is 20.3 Å². The quantitative estimate of drug-likeness (QED) is 0.568. The molecule has 0 rings (SSSR count). The molecular formula is C7H19OP. The summed E-state index contributed by atoms with van der Waals surface area (Å²) in [6.07, 6.45) is 4.26. The van der Waals surface area contributed by atoms with Crippen LogP contribution in [0, 0.1) is 0 Å². The first-order valence-electron chi connectivity index (χ1n) is 3.44. The maximum Gasteiger partial charge on any atom is 0.0586 e. The molecule has 2 heteroatoms. The molecule has 0 aliphatic rings. The van der Waals surface area contributed by atoms with Gasteiger partial charge in [0.2, 0.25) is 0 Å². The summed E-state index contributed by atoms with van der Waals surface area (Å²) < 4.78 is 0. The van der Waals surface area contributed by atoms with Gasteiger partial charge in [0, 0.05) is 20.6 Å². The monoisotopic (exact) mass is 150 g/mol. The van der Waals surface area contributed by atoms with Gasteiger partial charge in [0.15, 0.2) is 0 Å². The molecule has 0 unspecified atom stereocenters. The Balaban J connectivity index is 0. The normalized spacial score (nSPS) is 10.7. The Morgan fingerprint density at radius 3 is 1.67 bits per heavy atom. The summed E-state index contributed by atoms with van der Waals surface area (Å²) in [5.74, 6) is 0. The molecule has 0 fully saturated rings. The van der Waals surface area contributed by atoms with Gasteiger partial charge in [-0.15, -0.1) is 0 Å². The van der Waals surface area contributed by atoms with Crippen molar-refractivity contribution in [3.63, 3.8) is 0 Å². The molecular weight excluding hydrogens is 131 g/mol. The SMILES string of the molecule is CCC[P+](C)(C)CC.[OH-]. The van der Waals surface area contributed by atoms with E-state index in [4.69, 9.17) is 0 Å². The Kier molecular flexibility index (Phi) is 6.99. The van der Waals surface area contributed by atoms with Crippen LogP contribution in [0.4, 0.5) is 0 Å². The lowest BCUT2D eigenvalue weighted by atomic mass is 10.6. The molecule has 0 amide bonds. The second-order valence-electron chi connectivity index (χ2n) is 2.98. The van der Waals surface area contributed by atoms with Crippen LogP contribution in [0.2, 0.25) is 0 Å². The van der Waals surface area contributed by atoms with Crippen LogP contribution >= 0.6 is 7.26 Å². The maximum absolute atomic E-state index is 2.44. The molecule has 0 saturated heterocycles. The molecule has 0 aromatic heterocycles. The summed E-state index contributed by atoms with van der Waals surface area (Å²) in [5.41, 5.74) is 0. The Bertz CT molecular complexity index is 61.9. The summed E-state index contributed by atoms with van der Waals surface area (Å²) in [6.45, 7) is 9.47. The zero-order chi connectivity index (χ0) is 6.62. The molecule has 0 heterocycles. The van der Waals surface area contributed by atoms with Gasteiger partial charge < -0.3 is 5.48 Å². The van der Waals surface area contributed by atoms with Gasteiger partial charge in [-0.05, 0) is 13.3 Å². The average Bonchev–Trinajstić information content (AvgIpc) is 1.67. The van der Waals surface area contributed by atoms with Crippen molar-refractivity contribution in [2.24, 2.45) is 0 Å². The molecule has 0 aliphatic heterocycles. The first-order chi connectivity index (χ1) is 3.62. The Morgan fingerprint density at radius 2 is 1.56 bits per heavy atom. The van der Waals surface area contributed by atoms with Gasteiger partial charge >= 0.3 is 0 Å². The van der Waals surface area contributed by atoms with Crippen molar-refractivity contribution in [3.8, 4) is 0 Å². The van der Waals surface area contributed by atoms with Crippen molar-refractivity contribution < 1.29 is 5.48 Å². The zero-order valence-electron chi connectivity index (χ0n) is 7.02. The zero-order valence-corrected chi connectivity index (χ0v) is 7.91. The Hall–Kier alpha value is 0.390. The molecule has 1 N–H and O–H groups in total. The van der Waals surface area contributed by atoms with Crippen molar-refractivity contribution in [1.82, 2.24) is 0 Å². The summed E-state index contributed by atoms with van der Waals surface area (Å²) in [7, 11) is -0.423. The van der Waals surface area contributed by atoms with Gasteiger partial charge in [-0.25, -0.2) is 0 Å². The fraction of sp³-hybridized carbons (Fsp3) is 1.00. The minimum Gasteiger partial charge on any atom is -0.870 e. The highest BCUT2D eigenvalue weighted by Crippen LogP contribution is 2.50. The first kappa shape index (κ1) is 12.1. The average molecular weight is 150 g/mol. The lowest BCUT2D eigenvalue weighted by Gasteiger charge is -2.13. The number of hydrogen-bond acceptors (Lipinski definition) is 1. The number of rotatable bonds is 3. The van der Waals surface area contributed by atoms with E-state index in [1.807, 2.05) is 0 Å².